The summed E-state index contributed by atoms with van der Waals surface area (Å²) < 4.78 is 5.33. The van der Waals surface area contributed by atoms with Gasteiger partial charge in [0.15, 0.2) is 0 Å². The molecule has 2 atom stereocenters. The third-order valence-corrected chi connectivity index (χ3v) is 4.40. The van der Waals surface area contributed by atoms with Gasteiger partial charge in [0.25, 0.3) is 0 Å². The molecule has 2 aliphatic heterocycles. The van der Waals surface area contributed by atoms with Gasteiger partial charge in [-0.2, -0.15) is 0 Å². The van der Waals surface area contributed by atoms with Crippen LogP contribution in [0, 0.1) is 0 Å². The van der Waals surface area contributed by atoms with E-state index in [0.29, 0.717) is 12.7 Å². The van der Waals surface area contributed by atoms with E-state index in [9.17, 15) is 9.59 Å². The van der Waals surface area contributed by atoms with Crippen LogP contribution in [-0.2, 0) is 14.3 Å². The summed E-state index contributed by atoms with van der Waals surface area (Å²) in [6, 6.07) is 0.246. The van der Waals surface area contributed by atoms with Crippen LogP contribution < -0.4 is 0 Å². The Hall–Kier alpha value is -1.14. The Morgan fingerprint density at radius 1 is 1.37 bits per heavy atom. The molecule has 0 spiro atoms. The zero-order valence-corrected chi connectivity index (χ0v) is 11.5. The van der Waals surface area contributed by atoms with E-state index < -0.39 is 0 Å². The summed E-state index contributed by atoms with van der Waals surface area (Å²) >= 11 is 0. The highest BCUT2D eigenvalue weighted by atomic mass is 16.5. The average molecular weight is 267 g/mol. The summed E-state index contributed by atoms with van der Waals surface area (Å²) in [4.78, 5) is 30.0. The molecule has 0 aromatic heterocycles. The van der Waals surface area contributed by atoms with Crippen LogP contribution in [0.15, 0.2) is 0 Å². The normalized spacial score (nSPS) is 32.4. The number of nitrogens with zero attached hydrogens (tertiary/aromatic N) is 3. The van der Waals surface area contributed by atoms with Crippen molar-refractivity contribution in [3.05, 3.63) is 0 Å². The number of hydrogen-bond donors (Lipinski definition) is 0. The van der Waals surface area contributed by atoms with E-state index in [0.717, 1.165) is 25.8 Å². The molecule has 0 bridgehead atoms. The Bertz CT molecular complexity index is 397. The van der Waals surface area contributed by atoms with Crippen molar-refractivity contribution in [2.45, 2.75) is 37.5 Å². The van der Waals surface area contributed by atoms with Gasteiger partial charge in [0.05, 0.1) is 18.8 Å². The first-order valence-corrected chi connectivity index (χ1v) is 6.91. The molecule has 6 heteroatoms. The molecule has 6 nitrogen and oxygen atoms in total. The molecule has 2 amide bonds. The molecule has 2 saturated heterocycles. The molecular formula is C13H21N3O3. The van der Waals surface area contributed by atoms with Crippen molar-refractivity contribution < 1.29 is 14.3 Å². The maximum atomic E-state index is 12.5. The van der Waals surface area contributed by atoms with Gasteiger partial charge in [0, 0.05) is 19.7 Å². The fraction of sp³-hybridized carbons (Fsp3) is 0.846. The Kier molecular flexibility index (Phi) is 3.22. The summed E-state index contributed by atoms with van der Waals surface area (Å²) in [7, 11) is 3.62. The number of likely N-dealkylation sites (N-methyl/N-ethyl adjacent to an activating group) is 1. The zero-order chi connectivity index (χ0) is 13.6. The van der Waals surface area contributed by atoms with Gasteiger partial charge >= 0.3 is 0 Å². The van der Waals surface area contributed by atoms with Crippen molar-refractivity contribution in [2.24, 2.45) is 0 Å². The summed E-state index contributed by atoms with van der Waals surface area (Å²) in [5.74, 6) is 0.165. The molecule has 0 aromatic rings. The Labute approximate surface area is 113 Å². The van der Waals surface area contributed by atoms with Crippen molar-refractivity contribution in [1.82, 2.24) is 14.7 Å². The molecule has 3 fully saturated rings. The van der Waals surface area contributed by atoms with Gasteiger partial charge in [-0.25, -0.2) is 0 Å². The fourth-order valence-corrected chi connectivity index (χ4v) is 3.04. The van der Waals surface area contributed by atoms with E-state index in [4.69, 9.17) is 4.74 Å². The average Bonchev–Trinajstić information content (AvgIpc) is 3.06. The molecule has 2 heterocycles. The third kappa shape index (κ3) is 2.34. The fourth-order valence-electron chi connectivity index (χ4n) is 3.04. The summed E-state index contributed by atoms with van der Waals surface area (Å²) in [6.07, 6.45) is 3.02. The van der Waals surface area contributed by atoms with Gasteiger partial charge in [0.1, 0.15) is 6.54 Å². The predicted octanol–water partition coefficient (Wildman–Crippen LogP) is -0.504. The van der Waals surface area contributed by atoms with Gasteiger partial charge in [-0.15, -0.1) is 0 Å². The van der Waals surface area contributed by atoms with Crippen molar-refractivity contribution in [3.8, 4) is 0 Å². The monoisotopic (exact) mass is 267 g/mol. The number of carbonyl (C=O) groups excluding carboxylic acids is 2. The van der Waals surface area contributed by atoms with Gasteiger partial charge in [-0.3, -0.25) is 14.5 Å². The lowest BCUT2D eigenvalue weighted by Crippen LogP contribution is -2.44. The van der Waals surface area contributed by atoms with Crippen LogP contribution in [-0.4, -0.2) is 78.6 Å². The molecule has 0 aromatic carbocycles. The van der Waals surface area contributed by atoms with E-state index in [1.165, 1.54) is 0 Å². The quantitative estimate of drug-likeness (QED) is 0.691. The van der Waals surface area contributed by atoms with E-state index in [1.807, 2.05) is 16.8 Å². The van der Waals surface area contributed by atoms with Gasteiger partial charge < -0.3 is 14.5 Å². The van der Waals surface area contributed by atoms with Gasteiger partial charge in [0.2, 0.25) is 11.8 Å². The molecule has 1 saturated carbocycles. The number of methoxy groups -OCH3 is 1. The molecule has 0 radical (unpaired) electrons. The van der Waals surface area contributed by atoms with Gasteiger partial charge in [-0.1, -0.05) is 0 Å². The smallest absolute Gasteiger partial charge is 0.243 e. The maximum Gasteiger partial charge on any atom is 0.243 e. The molecular weight excluding hydrogens is 246 g/mol. The van der Waals surface area contributed by atoms with Crippen molar-refractivity contribution in [3.63, 3.8) is 0 Å². The zero-order valence-electron chi connectivity index (χ0n) is 11.5. The number of hydrogen-bond acceptors (Lipinski definition) is 4. The number of carbonyl (C=O) groups is 2. The van der Waals surface area contributed by atoms with Crippen LogP contribution in [0.1, 0.15) is 19.3 Å². The first-order valence-electron chi connectivity index (χ1n) is 6.91. The Morgan fingerprint density at radius 3 is 2.68 bits per heavy atom. The highest BCUT2D eigenvalue weighted by Gasteiger charge is 2.43. The molecule has 0 N–H and O–H groups in total. The summed E-state index contributed by atoms with van der Waals surface area (Å²) in [5.41, 5.74) is 0. The second-order valence-corrected chi connectivity index (χ2v) is 5.82. The predicted molar refractivity (Wildman–Crippen MR) is 68.3 cm³/mol. The number of amides is 2. The van der Waals surface area contributed by atoms with E-state index in [-0.39, 0.29) is 30.5 Å². The first kappa shape index (κ1) is 12.9. The highest BCUT2D eigenvalue weighted by molar-refractivity contribution is 5.90. The van der Waals surface area contributed by atoms with E-state index >= 15 is 0 Å². The largest absolute Gasteiger partial charge is 0.380 e. The van der Waals surface area contributed by atoms with Crippen molar-refractivity contribution >= 4 is 11.8 Å². The molecule has 106 valence electrons. The van der Waals surface area contributed by atoms with Crippen LogP contribution in [0.3, 0.4) is 0 Å². The molecule has 0 unspecified atom stereocenters. The Balaban J connectivity index is 1.63. The van der Waals surface area contributed by atoms with E-state index in [1.54, 1.807) is 12.0 Å². The molecule has 1 aliphatic carbocycles. The van der Waals surface area contributed by atoms with Crippen LogP contribution in [0.25, 0.3) is 0 Å². The number of rotatable bonds is 3. The SMILES string of the molecule is CO[C@H]1C[C@@H](C(=O)N2CC(=O)N(C3CC3)C2)N(C)C1. The topological polar surface area (TPSA) is 53.1 Å². The highest BCUT2D eigenvalue weighted by Crippen LogP contribution is 2.30. The van der Waals surface area contributed by atoms with Crippen LogP contribution >= 0.6 is 0 Å². The second kappa shape index (κ2) is 4.76. The standard InChI is InChI=1S/C13H21N3O3/c1-14-6-10(19-2)5-11(14)13(18)15-7-12(17)16(8-15)9-3-4-9/h9-11H,3-8H2,1-2H3/t10-,11-/m0/s1. The van der Waals surface area contributed by atoms with Crippen LogP contribution in [0.2, 0.25) is 0 Å². The minimum atomic E-state index is -0.142. The van der Waals surface area contributed by atoms with Gasteiger partial charge in [-0.05, 0) is 26.3 Å². The Morgan fingerprint density at radius 2 is 2.11 bits per heavy atom. The summed E-state index contributed by atoms with van der Waals surface area (Å²) in [6.45, 7) is 1.50. The van der Waals surface area contributed by atoms with Crippen LogP contribution in [0.5, 0.6) is 0 Å². The summed E-state index contributed by atoms with van der Waals surface area (Å²) in [5, 5.41) is 0. The van der Waals surface area contributed by atoms with Crippen molar-refractivity contribution in [1.29, 1.82) is 0 Å². The van der Waals surface area contributed by atoms with Crippen LogP contribution in [0.4, 0.5) is 0 Å². The molecule has 3 aliphatic rings. The number of likely N-dealkylation sites (tertiary alicyclic amines) is 1. The second-order valence-electron chi connectivity index (χ2n) is 5.82. The third-order valence-electron chi connectivity index (χ3n) is 4.40. The molecule has 3 rings (SSSR count). The minimum absolute atomic E-state index is 0.0681. The number of ether oxygens (including phenoxy) is 1. The van der Waals surface area contributed by atoms with Crippen molar-refractivity contribution in [2.75, 3.05) is 33.9 Å². The maximum absolute atomic E-state index is 12.5. The first-order chi connectivity index (χ1) is 9.10. The lowest BCUT2D eigenvalue weighted by Gasteiger charge is -2.24. The lowest BCUT2D eigenvalue weighted by molar-refractivity contribution is -0.135. The minimum Gasteiger partial charge on any atom is -0.380 e. The van der Waals surface area contributed by atoms with E-state index in [2.05, 4.69) is 0 Å². The lowest BCUT2D eigenvalue weighted by atomic mass is 10.2. The molecule has 19 heavy (non-hydrogen) atoms.